The number of nitrogens with one attached hydrogen (secondary N) is 1. The zero-order valence-corrected chi connectivity index (χ0v) is 21.8. The molecule has 2 saturated heterocycles. The predicted octanol–water partition coefficient (Wildman–Crippen LogP) is 1.61. The number of hydrogen-bond acceptors (Lipinski definition) is 5. The van der Waals surface area contributed by atoms with E-state index in [1.54, 1.807) is 0 Å². The zero-order valence-electron chi connectivity index (χ0n) is 18.7. The molecule has 0 saturated carbocycles. The summed E-state index contributed by atoms with van der Waals surface area (Å²) >= 11 is 6.88. The van der Waals surface area contributed by atoms with E-state index in [0.717, 1.165) is 19.4 Å². The molecular formula is C22H28Br2N4O6. The number of nitrogens with two attached hydrogens (primary N) is 1. The van der Waals surface area contributed by atoms with Crippen LogP contribution in [0.1, 0.15) is 38.2 Å². The maximum atomic E-state index is 13.7. The number of hydrogen-bond donors (Lipinski definition) is 4. The third kappa shape index (κ3) is 5.38. The highest BCUT2D eigenvalue weighted by atomic mass is 79.9. The second-order valence-electron chi connectivity index (χ2n) is 8.81. The summed E-state index contributed by atoms with van der Waals surface area (Å²) in [6.45, 7) is 1.86. The topological polar surface area (TPSA) is 153 Å². The largest absolute Gasteiger partial charge is 0.465 e. The van der Waals surface area contributed by atoms with Crippen molar-refractivity contribution in [1.82, 2.24) is 15.1 Å². The fraction of sp³-hybridized carbons (Fsp3) is 0.545. The minimum atomic E-state index is -1.38. The normalized spacial score (nSPS) is 24.1. The van der Waals surface area contributed by atoms with Gasteiger partial charge < -0.3 is 26.2 Å². The number of rotatable bonds is 7. The molecule has 3 rings (SSSR count). The number of carboxylic acid groups (broad SMARTS) is 1. The van der Waals surface area contributed by atoms with E-state index in [1.165, 1.54) is 11.8 Å². The minimum absolute atomic E-state index is 0.133. The van der Waals surface area contributed by atoms with E-state index in [9.17, 15) is 29.4 Å². The molecule has 2 heterocycles. The monoisotopic (exact) mass is 602 g/mol. The van der Waals surface area contributed by atoms with Crippen LogP contribution in [0.2, 0.25) is 0 Å². The van der Waals surface area contributed by atoms with E-state index in [-0.39, 0.29) is 19.5 Å². The molecule has 34 heavy (non-hydrogen) atoms. The van der Waals surface area contributed by atoms with E-state index >= 15 is 0 Å². The Morgan fingerprint density at radius 1 is 1.18 bits per heavy atom. The second kappa shape index (κ2) is 10.6. The average Bonchev–Trinajstić information content (AvgIpc) is 3.38. The molecule has 5 N–H and O–H groups in total. The summed E-state index contributed by atoms with van der Waals surface area (Å²) in [6, 6.07) is 3.30. The van der Waals surface area contributed by atoms with Crippen LogP contribution in [0.4, 0.5) is 4.79 Å². The van der Waals surface area contributed by atoms with Crippen LogP contribution >= 0.6 is 31.9 Å². The zero-order chi connectivity index (χ0) is 25.2. The van der Waals surface area contributed by atoms with Crippen molar-refractivity contribution in [1.29, 1.82) is 0 Å². The highest BCUT2D eigenvalue weighted by molar-refractivity contribution is 9.11. The van der Waals surface area contributed by atoms with Gasteiger partial charge in [0.05, 0.1) is 6.10 Å². The third-order valence-electron chi connectivity index (χ3n) is 6.46. The Morgan fingerprint density at radius 2 is 1.82 bits per heavy atom. The molecule has 0 bridgehead atoms. The van der Waals surface area contributed by atoms with Crippen molar-refractivity contribution in [3.8, 4) is 0 Å². The fourth-order valence-corrected chi connectivity index (χ4v) is 6.28. The number of aliphatic hydroxyl groups excluding tert-OH is 1. The van der Waals surface area contributed by atoms with Crippen LogP contribution in [0.25, 0.3) is 0 Å². The molecular weight excluding hydrogens is 576 g/mol. The lowest BCUT2D eigenvalue weighted by Gasteiger charge is -2.40. The van der Waals surface area contributed by atoms with E-state index in [0.29, 0.717) is 25.7 Å². The van der Waals surface area contributed by atoms with Crippen molar-refractivity contribution in [2.24, 2.45) is 5.73 Å². The number of nitrogens with zero attached hydrogens (tertiary/aromatic N) is 2. The van der Waals surface area contributed by atoms with Crippen molar-refractivity contribution < 1.29 is 29.4 Å². The fourth-order valence-electron chi connectivity index (χ4n) is 4.89. The van der Waals surface area contributed by atoms with Crippen molar-refractivity contribution >= 4 is 55.7 Å². The Labute approximate surface area is 214 Å². The first-order valence-electron chi connectivity index (χ1n) is 11.0. The lowest BCUT2D eigenvalue weighted by Crippen LogP contribution is -2.64. The summed E-state index contributed by atoms with van der Waals surface area (Å²) < 4.78 is 1.55. The van der Waals surface area contributed by atoms with Crippen LogP contribution in [0, 0.1) is 0 Å². The number of primary amides is 1. The number of likely N-dealkylation sites (tertiary alicyclic amines) is 2. The lowest BCUT2D eigenvalue weighted by atomic mass is 9.86. The van der Waals surface area contributed by atoms with Crippen LogP contribution in [-0.4, -0.2) is 80.6 Å². The Hall–Kier alpha value is -2.18. The van der Waals surface area contributed by atoms with E-state index < -0.39 is 47.5 Å². The van der Waals surface area contributed by atoms with Gasteiger partial charge in [0.2, 0.25) is 17.7 Å². The van der Waals surface area contributed by atoms with E-state index in [1.807, 2.05) is 18.2 Å². The third-order valence-corrected chi connectivity index (χ3v) is 7.37. The Bertz CT molecular complexity index is 970. The average molecular weight is 604 g/mol. The number of aliphatic hydroxyl groups is 1. The quantitative estimate of drug-likeness (QED) is 0.371. The van der Waals surface area contributed by atoms with Gasteiger partial charge >= 0.3 is 6.09 Å². The number of carbonyl (C=O) groups excluding carboxylic acids is 3. The molecule has 1 aromatic carbocycles. The molecule has 2 aliphatic heterocycles. The summed E-state index contributed by atoms with van der Waals surface area (Å²) in [6.07, 6.45) is -0.526. The standard InChI is InChI=1S/C22H28Br2N4O6/c1-12(29)17(18(25)30)26-20(32)22(11-13-8-14(23)10-15(24)9-13)5-3-7-28(22)19(31)16-4-2-6-27(16)21(33)34/h8-10,12,16-17,29H,2-7,11H2,1H3,(H2,25,30)(H,26,32)(H,33,34)/t12-,16?,17+,22?/m1/s1. The van der Waals surface area contributed by atoms with Crippen molar-refractivity contribution in [2.75, 3.05) is 13.1 Å². The number of amides is 4. The Morgan fingerprint density at radius 3 is 2.38 bits per heavy atom. The van der Waals surface area contributed by atoms with Gasteiger partial charge in [-0.1, -0.05) is 31.9 Å². The summed E-state index contributed by atoms with van der Waals surface area (Å²) in [7, 11) is 0. The van der Waals surface area contributed by atoms with Gasteiger partial charge in [0.25, 0.3) is 0 Å². The predicted molar refractivity (Wildman–Crippen MR) is 130 cm³/mol. The maximum absolute atomic E-state index is 13.7. The second-order valence-corrected chi connectivity index (χ2v) is 10.6. The molecule has 2 fully saturated rings. The molecule has 12 heteroatoms. The van der Waals surface area contributed by atoms with Crippen molar-refractivity contribution in [3.63, 3.8) is 0 Å². The van der Waals surface area contributed by atoms with Gasteiger partial charge in [0.1, 0.15) is 17.6 Å². The van der Waals surface area contributed by atoms with Gasteiger partial charge in [-0.2, -0.15) is 0 Å². The Kier molecular flexibility index (Phi) is 8.25. The van der Waals surface area contributed by atoms with E-state index in [4.69, 9.17) is 5.73 Å². The summed E-state index contributed by atoms with van der Waals surface area (Å²) in [5.41, 5.74) is 4.76. The number of halogens is 2. The molecule has 2 aliphatic rings. The molecule has 0 aliphatic carbocycles. The first kappa shape index (κ1) is 26.4. The van der Waals surface area contributed by atoms with Crippen LogP contribution in [0.15, 0.2) is 27.1 Å². The number of benzene rings is 1. The minimum Gasteiger partial charge on any atom is -0.465 e. The van der Waals surface area contributed by atoms with Crippen LogP contribution in [-0.2, 0) is 20.8 Å². The maximum Gasteiger partial charge on any atom is 0.407 e. The van der Waals surface area contributed by atoms with Crippen LogP contribution in [0.5, 0.6) is 0 Å². The lowest BCUT2D eigenvalue weighted by molar-refractivity contribution is -0.149. The summed E-state index contributed by atoms with van der Waals surface area (Å²) in [4.78, 5) is 53.5. The molecule has 0 aromatic heterocycles. The summed E-state index contributed by atoms with van der Waals surface area (Å²) in [5, 5.41) is 22.1. The number of carbonyl (C=O) groups is 4. The SMILES string of the molecule is C[C@@H](O)[C@H](NC(=O)C1(Cc2cc(Br)cc(Br)c2)CCCN1C(=O)C1CCCN1C(=O)O)C(N)=O. The van der Waals surface area contributed by atoms with Crippen molar-refractivity contribution in [2.45, 2.75) is 62.8 Å². The molecule has 186 valence electrons. The molecule has 1 aromatic rings. The molecule has 0 spiro atoms. The highest BCUT2D eigenvalue weighted by Crippen LogP contribution is 2.37. The first-order valence-corrected chi connectivity index (χ1v) is 12.6. The summed E-state index contributed by atoms with van der Waals surface area (Å²) in [5.74, 6) is -1.94. The van der Waals surface area contributed by atoms with Gasteiger partial charge in [-0.05, 0) is 56.4 Å². The van der Waals surface area contributed by atoms with Gasteiger partial charge in [0, 0.05) is 28.5 Å². The van der Waals surface area contributed by atoms with E-state index in [2.05, 4.69) is 37.2 Å². The first-order chi connectivity index (χ1) is 16.0. The molecule has 2 unspecified atom stereocenters. The van der Waals surface area contributed by atoms with Crippen LogP contribution in [0.3, 0.4) is 0 Å². The van der Waals surface area contributed by atoms with Crippen LogP contribution < -0.4 is 11.1 Å². The molecule has 4 atom stereocenters. The van der Waals surface area contributed by atoms with Gasteiger partial charge in [-0.25, -0.2) is 4.79 Å². The molecule has 0 radical (unpaired) electrons. The highest BCUT2D eigenvalue weighted by Gasteiger charge is 2.53. The van der Waals surface area contributed by atoms with Gasteiger partial charge in [-0.3, -0.25) is 19.3 Å². The Balaban J connectivity index is 2.02. The van der Waals surface area contributed by atoms with Gasteiger partial charge in [-0.15, -0.1) is 0 Å². The molecule has 4 amide bonds. The van der Waals surface area contributed by atoms with Crippen molar-refractivity contribution in [3.05, 3.63) is 32.7 Å². The molecule has 10 nitrogen and oxygen atoms in total. The van der Waals surface area contributed by atoms with Gasteiger partial charge in [0.15, 0.2) is 0 Å². The smallest absolute Gasteiger partial charge is 0.407 e.